The summed E-state index contributed by atoms with van der Waals surface area (Å²) in [6.07, 6.45) is 7.09. The van der Waals surface area contributed by atoms with Crippen LogP contribution in [0.4, 0.5) is 0 Å². The monoisotopic (exact) mass is 252 g/mol. The Hall–Kier alpha value is -0.0800. The Labute approximate surface area is 114 Å². The van der Waals surface area contributed by atoms with Gasteiger partial charge in [-0.3, -0.25) is 0 Å². The van der Waals surface area contributed by atoms with Crippen molar-refractivity contribution in [1.82, 2.24) is 10.2 Å². The van der Waals surface area contributed by atoms with Crippen LogP contribution in [0.3, 0.4) is 0 Å². The Morgan fingerprint density at radius 3 is 2.33 bits per heavy atom. The van der Waals surface area contributed by atoms with Gasteiger partial charge < -0.3 is 10.2 Å². The molecule has 106 valence electrons. The maximum Gasteiger partial charge on any atom is 0.0107 e. The highest BCUT2D eigenvalue weighted by Crippen LogP contribution is 2.23. The molecule has 0 aromatic heterocycles. The second-order valence-electron chi connectivity index (χ2n) is 7.13. The fourth-order valence-corrected chi connectivity index (χ4v) is 4.02. The van der Waals surface area contributed by atoms with Crippen LogP contribution in [0.15, 0.2) is 0 Å². The van der Waals surface area contributed by atoms with E-state index in [2.05, 4.69) is 31.0 Å². The fraction of sp³-hybridized carbons (Fsp3) is 1.00. The van der Waals surface area contributed by atoms with Crippen molar-refractivity contribution in [3.63, 3.8) is 0 Å². The zero-order chi connectivity index (χ0) is 13.0. The zero-order valence-electron chi connectivity index (χ0n) is 12.6. The third-order valence-electron chi connectivity index (χ3n) is 4.74. The molecule has 18 heavy (non-hydrogen) atoms. The molecule has 4 atom stereocenters. The Balaban J connectivity index is 1.62. The van der Waals surface area contributed by atoms with Crippen molar-refractivity contribution in [1.29, 1.82) is 0 Å². The SMILES string of the molecule is CC1CCCC(NCCN2CC(C)CC(C)C2)C1. The molecular formula is C16H32N2. The van der Waals surface area contributed by atoms with Gasteiger partial charge in [0.05, 0.1) is 0 Å². The fourth-order valence-electron chi connectivity index (χ4n) is 4.02. The number of nitrogens with zero attached hydrogens (tertiary/aromatic N) is 1. The predicted octanol–water partition coefficient (Wildman–Crippen LogP) is 3.13. The summed E-state index contributed by atoms with van der Waals surface area (Å²) in [7, 11) is 0. The van der Waals surface area contributed by atoms with Gasteiger partial charge in [0.25, 0.3) is 0 Å². The molecule has 0 bridgehead atoms. The molecule has 1 heterocycles. The Morgan fingerprint density at radius 1 is 0.944 bits per heavy atom. The molecule has 1 saturated heterocycles. The molecule has 4 unspecified atom stereocenters. The zero-order valence-corrected chi connectivity index (χ0v) is 12.6. The summed E-state index contributed by atoms with van der Waals surface area (Å²) in [5.74, 6) is 2.72. The molecule has 0 aromatic carbocycles. The second kappa shape index (κ2) is 6.91. The van der Waals surface area contributed by atoms with E-state index in [1.165, 1.54) is 58.3 Å². The summed E-state index contributed by atoms with van der Waals surface area (Å²) < 4.78 is 0. The summed E-state index contributed by atoms with van der Waals surface area (Å²) >= 11 is 0. The van der Waals surface area contributed by atoms with E-state index in [0.717, 1.165) is 23.8 Å². The average molecular weight is 252 g/mol. The first-order valence-corrected chi connectivity index (χ1v) is 8.09. The Kier molecular flexibility index (Phi) is 5.50. The van der Waals surface area contributed by atoms with Crippen LogP contribution in [0.25, 0.3) is 0 Å². The molecule has 2 aliphatic rings. The average Bonchev–Trinajstić information content (AvgIpc) is 2.27. The molecule has 2 rings (SSSR count). The highest BCUT2D eigenvalue weighted by atomic mass is 15.1. The minimum absolute atomic E-state index is 0.799. The summed E-state index contributed by atoms with van der Waals surface area (Å²) in [4.78, 5) is 2.66. The van der Waals surface area contributed by atoms with E-state index in [1.54, 1.807) is 0 Å². The molecular weight excluding hydrogens is 220 g/mol. The van der Waals surface area contributed by atoms with E-state index in [1.807, 2.05) is 0 Å². The number of nitrogens with one attached hydrogen (secondary N) is 1. The minimum atomic E-state index is 0.799. The first-order valence-electron chi connectivity index (χ1n) is 8.09. The standard InChI is InChI=1S/C16H32N2/c1-13-5-4-6-16(10-13)17-7-8-18-11-14(2)9-15(3)12-18/h13-17H,4-12H2,1-3H3. The summed E-state index contributed by atoms with van der Waals surface area (Å²) in [5.41, 5.74) is 0. The van der Waals surface area contributed by atoms with Crippen LogP contribution in [0.1, 0.15) is 52.9 Å². The van der Waals surface area contributed by atoms with E-state index in [-0.39, 0.29) is 0 Å². The quantitative estimate of drug-likeness (QED) is 0.827. The third kappa shape index (κ3) is 4.55. The predicted molar refractivity (Wildman–Crippen MR) is 78.8 cm³/mol. The lowest BCUT2D eigenvalue weighted by Crippen LogP contribution is -2.44. The molecule has 1 aliphatic heterocycles. The lowest BCUT2D eigenvalue weighted by Gasteiger charge is -2.35. The van der Waals surface area contributed by atoms with Crippen molar-refractivity contribution in [2.75, 3.05) is 26.2 Å². The number of hydrogen-bond donors (Lipinski definition) is 1. The van der Waals surface area contributed by atoms with Gasteiger partial charge >= 0.3 is 0 Å². The van der Waals surface area contributed by atoms with Gasteiger partial charge in [-0.2, -0.15) is 0 Å². The normalized spacial score (nSPS) is 38.8. The van der Waals surface area contributed by atoms with Crippen LogP contribution in [0.5, 0.6) is 0 Å². The van der Waals surface area contributed by atoms with E-state index < -0.39 is 0 Å². The molecule has 0 radical (unpaired) electrons. The van der Waals surface area contributed by atoms with Crippen LogP contribution in [0, 0.1) is 17.8 Å². The largest absolute Gasteiger partial charge is 0.313 e. The van der Waals surface area contributed by atoms with Crippen LogP contribution in [0.2, 0.25) is 0 Å². The number of rotatable bonds is 4. The highest BCUT2D eigenvalue weighted by molar-refractivity contribution is 4.78. The maximum absolute atomic E-state index is 3.79. The number of hydrogen-bond acceptors (Lipinski definition) is 2. The molecule has 2 nitrogen and oxygen atoms in total. The van der Waals surface area contributed by atoms with Crippen molar-refractivity contribution in [3.05, 3.63) is 0 Å². The maximum atomic E-state index is 3.79. The summed E-state index contributed by atoms with van der Waals surface area (Å²) in [6.45, 7) is 12.3. The van der Waals surface area contributed by atoms with Gasteiger partial charge in [0, 0.05) is 32.2 Å². The van der Waals surface area contributed by atoms with Gasteiger partial charge in [-0.25, -0.2) is 0 Å². The van der Waals surface area contributed by atoms with Gasteiger partial charge in [-0.05, 0) is 37.0 Å². The van der Waals surface area contributed by atoms with E-state index >= 15 is 0 Å². The second-order valence-corrected chi connectivity index (χ2v) is 7.13. The molecule has 2 heteroatoms. The molecule has 2 fully saturated rings. The van der Waals surface area contributed by atoms with Crippen molar-refractivity contribution in [2.24, 2.45) is 17.8 Å². The number of piperidine rings is 1. The van der Waals surface area contributed by atoms with Gasteiger partial charge in [-0.15, -0.1) is 0 Å². The van der Waals surface area contributed by atoms with Crippen molar-refractivity contribution in [2.45, 2.75) is 58.9 Å². The topological polar surface area (TPSA) is 15.3 Å². The molecule has 1 saturated carbocycles. The van der Waals surface area contributed by atoms with Crippen molar-refractivity contribution in [3.8, 4) is 0 Å². The molecule has 0 amide bonds. The molecule has 0 aromatic rings. The Bertz CT molecular complexity index is 231. The lowest BCUT2D eigenvalue weighted by atomic mass is 9.87. The Morgan fingerprint density at radius 2 is 1.67 bits per heavy atom. The minimum Gasteiger partial charge on any atom is -0.313 e. The molecule has 0 spiro atoms. The van der Waals surface area contributed by atoms with Crippen LogP contribution >= 0.6 is 0 Å². The molecule has 1 N–H and O–H groups in total. The van der Waals surface area contributed by atoms with E-state index in [9.17, 15) is 0 Å². The summed E-state index contributed by atoms with van der Waals surface area (Å²) in [6, 6.07) is 0.799. The van der Waals surface area contributed by atoms with Crippen LogP contribution in [-0.2, 0) is 0 Å². The van der Waals surface area contributed by atoms with Crippen LogP contribution in [-0.4, -0.2) is 37.1 Å². The van der Waals surface area contributed by atoms with Crippen molar-refractivity contribution >= 4 is 0 Å². The van der Waals surface area contributed by atoms with E-state index in [0.29, 0.717) is 0 Å². The first kappa shape index (κ1) is 14.3. The van der Waals surface area contributed by atoms with Gasteiger partial charge in [0.1, 0.15) is 0 Å². The number of likely N-dealkylation sites (tertiary alicyclic amines) is 1. The molecule has 1 aliphatic carbocycles. The van der Waals surface area contributed by atoms with E-state index in [4.69, 9.17) is 0 Å². The van der Waals surface area contributed by atoms with Gasteiger partial charge in [0.15, 0.2) is 0 Å². The van der Waals surface area contributed by atoms with Gasteiger partial charge in [-0.1, -0.05) is 33.6 Å². The smallest absolute Gasteiger partial charge is 0.0107 e. The highest BCUT2D eigenvalue weighted by Gasteiger charge is 2.22. The summed E-state index contributed by atoms with van der Waals surface area (Å²) in [5, 5.41) is 3.79. The first-order chi connectivity index (χ1) is 8.63. The van der Waals surface area contributed by atoms with Gasteiger partial charge in [0.2, 0.25) is 0 Å². The van der Waals surface area contributed by atoms with Crippen molar-refractivity contribution < 1.29 is 0 Å². The third-order valence-corrected chi connectivity index (χ3v) is 4.74. The van der Waals surface area contributed by atoms with Crippen LogP contribution < -0.4 is 5.32 Å². The lowest BCUT2D eigenvalue weighted by molar-refractivity contribution is 0.139.